The summed E-state index contributed by atoms with van der Waals surface area (Å²) >= 11 is 0. The Labute approximate surface area is 96.4 Å². The zero-order valence-electron chi connectivity index (χ0n) is 8.93. The van der Waals surface area contributed by atoms with Crippen LogP contribution in [0.5, 0.6) is 0 Å². The van der Waals surface area contributed by atoms with Gasteiger partial charge in [0.05, 0.1) is 12.2 Å². The number of alkyl halides is 1. The van der Waals surface area contributed by atoms with Crippen LogP contribution in [0, 0.1) is 0 Å². The molecule has 3 atom stereocenters. The first-order valence-electron chi connectivity index (χ1n) is 5.10. The minimum Gasteiger partial charge on any atom is -0.394 e. The van der Waals surface area contributed by atoms with Gasteiger partial charge < -0.3 is 9.84 Å². The molecular weight excluding hydrogens is 231 g/mol. The molecule has 3 amide bonds. The van der Waals surface area contributed by atoms with E-state index in [2.05, 4.69) is 11.9 Å². The minimum atomic E-state index is -1.34. The van der Waals surface area contributed by atoms with Crippen molar-refractivity contribution in [1.29, 1.82) is 0 Å². The standard InChI is InChI=1S/C10H11FN2O4/c1-5-3-13(10(16)12-9(5)15)8-2-6(11)7(4-14)17-8/h3,6-8,14H,1-2,4H2/p+1/t6-,7?,8?/m0/s1. The van der Waals surface area contributed by atoms with E-state index in [0.29, 0.717) is 0 Å². The summed E-state index contributed by atoms with van der Waals surface area (Å²) in [6.45, 7) is 3.00. The number of halogens is 1. The molecule has 2 N–H and O–H groups in total. The highest BCUT2D eigenvalue weighted by Crippen LogP contribution is 2.24. The summed E-state index contributed by atoms with van der Waals surface area (Å²) < 4.78 is 19.6. The van der Waals surface area contributed by atoms with Gasteiger partial charge in [0, 0.05) is 6.42 Å². The topological polar surface area (TPSA) is 78.6 Å². The number of amides is 3. The maximum atomic E-state index is 13.3. The smallest absolute Gasteiger partial charge is 0.394 e. The van der Waals surface area contributed by atoms with E-state index in [1.54, 1.807) is 0 Å². The highest BCUT2D eigenvalue weighted by molar-refractivity contribution is 6.17. The molecule has 0 spiro atoms. The molecule has 92 valence electrons. The van der Waals surface area contributed by atoms with Gasteiger partial charge >= 0.3 is 11.9 Å². The van der Waals surface area contributed by atoms with Gasteiger partial charge in [0.2, 0.25) is 6.23 Å². The van der Waals surface area contributed by atoms with Gasteiger partial charge in [-0.25, -0.2) is 9.18 Å². The van der Waals surface area contributed by atoms with E-state index in [9.17, 15) is 14.0 Å². The Morgan fingerprint density at radius 3 is 2.94 bits per heavy atom. The van der Waals surface area contributed by atoms with Gasteiger partial charge in [-0.05, 0) is 0 Å². The van der Waals surface area contributed by atoms with Gasteiger partial charge in [0.1, 0.15) is 18.5 Å². The van der Waals surface area contributed by atoms with Crippen LogP contribution >= 0.6 is 0 Å². The van der Waals surface area contributed by atoms with Crippen molar-refractivity contribution in [3.63, 3.8) is 0 Å². The minimum absolute atomic E-state index is 0.0450. The van der Waals surface area contributed by atoms with Crippen molar-refractivity contribution < 1.29 is 28.4 Å². The summed E-state index contributed by atoms with van der Waals surface area (Å²) in [6, 6.07) is -0.682. The van der Waals surface area contributed by atoms with Crippen LogP contribution in [0.1, 0.15) is 6.42 Å². The molecule has 0 saturated carbocycles. The molecule has 1 saturated heterocycles. The van der Waals surface area contributed by atoms with Crippen molar-refractivity contribution in [2.24, 2.45) is 0 Å². The van der Waals surface area contributed by atoms with Crippen LogP contribution in [-0.4, -0.2) is 52.9 Å². The number of hydrogen-bond donors (Lipinski definition) is 2. The number of ether oxygens (including phenoxy) is 1. The number of urea groups is 1. The molecule has 0 bridgehead atoms. The Bertz CT molecular complexity index is 421. The average molecular weight is 243 g/mol. The van der Waals surface area contributed by atoms with Gasteiger partial charge in [-0.3, -0.25) is 0 Å². The van der Waals surface area contributed by atoms with E-state index in [0.717, 1.165) is 4.58 Å². The van der Waals surface area contributed by atoms with Crippen LogP contribution in [0.3, 0.4) is 0 Å². The van der Waals surface area contributed by atoms with Crippen LogP contribution in [-0.2, 0) is 9.53 Å². The second-order valence-corrected chi connectivity index (χ2v) is 3.88. The Morgan fingerprint density at radius 1 is 1.65 bits per heavy atom. The summed E-state index contributed by atoms with van der Waals surface area (Å²) in [6.07, 6.45) is -1.93. The lowest BCUT2D eigenvalue weighted by molar-refractivity contribution is -0.523. The third-order valence-corrected chi connectivity index (χ3v) is 2.69. The summed E-state index contributed by atoms with van der Waals surface area (Å²) in [7, 11) is 0. The van der Waals surface area contributed by atoms with Crippen molar-refractivity contribution in [2.45, 2.75) is 24.9 Å². The van der Waals surface area contributed by atoms with Crippen molar-refractivity contribution >= 4 is 18.2 Å². The first-order valence-corrected chi connectivity index (χ1v) is 5.10. The van der Waals surface area contributed by atoms with Gasteiger partial charge in [0.25, 0.3) is 0 Å². The number of nitrogens with one attached hydrogen (secondary N) is 1. The molecule has 2 aliphatic heterocycles. The molecule has 17 heavy (non-hydrogen) atoms. The third-order valence-electron chi connectivity index (χ3n) is 2.69. The summed E-state index contributed by atoms with van der Waals surface area (Å²) in [5.41, 5.74) is 0.0936. The lowest BCUT2D eigenvalue weighted by atomic mass is 10.2. The molecule has 7 heteroatoms. The second kappa shape index (κ2) is 4.34. The van der Waals surface area contributed by atoms with Gasteiger partial charge in [-0.2, -0.15) is 14.7 Å². The predicted octanol–water partition coefficient (Wildman–Crippen LogP) is -0.679. The molecular formula is C10H12FN2O4+. The van der Waals surface area contributed by atoms with E-state index in [1.807, 2.05) is 0 Å². The van der Waals surface area contributed by atoms with Crippen molar-refractivity contribution in [1.82, 2.24) is 5.32 Å². The normalized spacial score (nSPS) is 33.6. The molecule has 0 aromatic rings. The van der Waals surface area contributed by atoms with Crippen molar-refractivity contribution in [3.8, 4) is 0 Å². The molecule has 0 radical (unpaired) electrons. The monoisotopic (exact) mass is 243 g/mol. The van der Waals surface area contributed by atoms with Crippen molar-refractivity contribution in [2.75, 3.05) is 6.61 Å². The van der Waals surface area contributed by atoms with Crippen LogP contribution in [0.25, 0.3) is 0 Å². The Kier molecular flexibility index (Phi) is 3.03. The molecule has 6 nitrogen and oxygen atoms in total. The summed E-state index contributed by atoms with van der Waals surface area (Å²) in [5, 5.41) is 10.9. The summed E-state index contributed by atoms with van der Waals surface area (Å²) in [4.78, 5) is 22.6. The van der Waals surface area contributed by atoms with Crippen LogP contribution in [0.15, 0.2) is 12.2 Å². The Hall–Kier alpha value is -1.60. The fraction of sp³-hybridized carbons (Fsp3) is 0.500. The van der Waals surface area contributed by atoms with E-state index in [-0.39, 0.29) is 12.0 Å². The second-order valence-electron chi connectivity index (χ2n) is 3.88. The van der Waals surface area contributed by atoms with Gasteiger partial charge in [-0.1, -0.05) is 6.58 Å². The first kappa shape index (κ1) is 11.9. The number of carbonyl (C=O) groups is 2. The van der Waals surface area contributed by atoms with E-state index in [1.165, 1.54) is 6.21 Å². The highest BCUT2D eigenvalue weighted by atomic mass is 19.1. The molecule has 1 fully saturated rings. The summed E-state index contributed by atoms with van der Waals surface area (Å²) in [5.74, 6) is -0.584. The fourth-order valence-electron chi connectivity index (χ4n) is 1.76. The molecule has 2 rings (SSSR count). The third kappa shape index (κ3) is 2.11. The van der Waals surface area contributed by atoms with Gasteiger partial charge in [0.15, 0.2) is 0 Å². The number of hydrogen-bond acceptors (Lipinski definition) is 4. The fourth-order valence-corrected chi connectivity index (χ4v) is 1.76. The number of aliphatic hydroxyl groups excluding tert-OH is 1. The molecule has 2 heterocycles. The molecule has 2 aliphatic rings. The zero-order chi connectivity index (χ0) is 12.6. The number of imide groups is 1. The molecule has 0 aromatic carbocycles. The van der Waals surface area contributed by atoms with Crippen LogP contribution < -0.4 is 5.32 Å². The number of carbonyl (C=O) groups excluding carboxylic acids is 2. The Balaban J connectivity index is 2.18. The largest absolute Gasteiger partial charge is 0.500 e. The lowest BCUT2D eigenvalue weighted by Crippen LogP contribution is -2.48. The maximum Gasteiger partial charge on any atom is 0.500 e. The van der Waals surface area contributed by atoms with Crippen LogP contribution in [0.2, 0.25) is 0 Å². The number of aliphatic hydroxyl groups is 1. The first-order chi connectivity index (χ1) is 8.02. The lowest BCUT2D eigenvalue weighted by Gasteiger charge is -2.15. The van der Waals surface area contributed by atoms with E-state index >= 15 is 0 Å². The highest BCUT2D eigenvalue weighted by Gasteiger charge is 2.43. The van der Waals surface area contributed by atoms with E-state index < -0.39 is 37.0 Å². The van der Waals surface area contributed by atoms with Crippen molar-refractivity contribution in [3.05, 3.63) is 12.2 Å². The SMILES string of the molecule is C=C1C=[N+](C2C[C@H](F)C(CO)O2)C(=O)NC1=O. The number of nitrogens with zero attached hydrogens (tertiary/aromatic N) is 1. The predicted molar refractivity (Wildman–Crippen MR) is 54.3 cm³/mol. The molecule has 0 aromatic heterocycles. The molecule has 0 aliphatic carbocycles. The molecule has 2 unspecified atom stereocenters. The maximum absolute atomic E-state index is 13.3. The van der Waals surface area contributed by atoms with Gasteiger partial charge in [-0.15, -0.1) is 0 Å². The van der Waals surface area contributed by atoms with Crippen LogP contribution in [0.4, 0.5) is 9.18 Å². The average Bonchev–Trinajstić information content (AvgIpc) is 2.65. The van der Waals surface area contributed by atoms with E-state index in [4.69, 9.17) is 9.84 Å². The Morgan fingerprint density at radius 2 is 2.35 bits per heavy atom. The zero-order valence-corrected chi connectivity index (χ0v) is 8.93. The quantitative estimate of drug-likeness (QED) is 0.497. The number of rotatable bonds is 2.